The molecule has 0 radical (unpaired) electrons. The smallest absolute Gasteiger partial charge is 0.193 e. The lowest BCUT2D eigenvalue weighted by molar-refractivity contribution is -0.142. The molecule has 0 bridgehead atoms. The van der Waals surface area contributed by atoms with Crippen LogP contribution in [0.15, 0.2) is 133 Å². The maximum atomic E-state index is 17.1. The number of nitrogens with one attached hydrogen (secondary N) is 2. The molecule has 0 aromatic heterocycles. The molecule has 2 saturated heterocycles. The number of hydrogen-bond donors (Lipinski definition) is 4. The SMILES string of the molecule is Cc1ccc(C2=CC(C3CCCNC3)C(CCO)(C(=O)C3(CCO)C=C(C(=O)c4ccccc4)C(c4ccc(C)c(C)c4)=CC3C3CCCNC3)C=C2C(=O)c2ccccc2)cc1C. The van der Waals surface area contributed by atoms with Crippen molar-refractivity contribution in [3.8, 4) is 0 Å². The molecule has 0 amide bonds. The summed E-state index contributed by atoms with van der Waals surface area (Å²) in [6, 6.07) is 31.1. The van der Waals surface area contributed by atoms with E-state index in [4.69, 9.17) is 0 Å². The van der Waals surface area contributed by atoms with E-state index in [2.05, 4.69) is 86.9 Å². The number of carbonyl (C=O) groups is 3. The molecule has 2 fully saturated rings. The van der Waals surface area contributed by atoms with E-state index < -0.39 is 22.7 Å². The first-order valence-corrected chi connectivity index (χ1v) is 23.4. The molecule has 64 heavy (non-hydrogen) atoms. The van der Waals surface area contributed by atoms with Crippen LogP contribution in [0.4, 0.5) is 0 Å². The van der Waals surface area contributed by atoms with Crippen molar-refractivity contribution in [1.29, 1.82) is 0 Å². The molecule has 2 aliphatic heterocycles. The van der Waals surface area contributed by atoms with Crippen molar-refractivity contribution < 1.29 is 24.6 Å². The van der Waals surface area contributed by atoms with Gasteiger partial charge in [-0.25, -0.2) is 0 Å². The first-order chi connectivity index (χ1) is 31.0. The second-order valence-electron chi connectivity index (χ2n) is 18.9. The van der Waals surface area contributed by atoms with Gasteiger partial charge in [-0.05, 0) is 161 Å². The molecule has 332 valence electrons. The van der Waals surface area contributed by atoms with Gasteiger partial charge in [0, 0.05) is 35.5 Å². The Hall–Kier alpha value is -5.31. The highest BCUT2D eigenvalue weighted by Gasteiger charge is 2.59. The number of aryl methyl sites for hydroxylation is 4. The minimum atomic E-state index is -1.39. The van der Waals surface area contributed by atoms with Crippen molar-refractivity contribution in [2.45, 2.75) is 66.2 Å². The van der Waals surface area contributed by atoms with Crippen LogP contribution < -0.4 is 10.6 Å². The number of Topliss-reactive ketones (excluding diaryl/α,β-unsaturated/α-hetero) is 3. The minimum Gasteiger partial charge on any atom is -0.396 e. The molecule has 6 unspecified atom stereocenters. The number of benzene rings is 4. The van der Waals surface area contributed by atoms with Gasteiger partial charge in [-0.3, -0.25) is 14.4 Å². The number of carbonyl (C=O) groups excluding carboxylic acids is 3. The van der Waals surface area contributed by atoms with Gasteiger partial charge in [0.05, 0.1) is 10.8 Å². The van der Waals surface area contributed by atoms with E-state index in [9.17, 15) is 10.2 Å². The summed E-state index contributed by atoms with van der Waals surface area (Å²) in [6.07, 6.45) is 12.0. The van der Waals surface area contributed by atoms with Crippen LogP contribution in [-0.4, -0.2) is 67.0 Å². The monoisotopic (exact) mass is 856 g/mol. The standard InChI is InChI=1S/C57H64N2O5/c1-37-19-21-43(29-39(37)3)47-31-51(45-17-11-25-58-35-45)56(23-27-60,33-49(47)53(62)41-13-7-5-8-14-41)55(64)57(24-28-61)34-50(54(63)42-15-9-6-10-16-42)48(44-22-20-38(2)40(4)30-44)32-52(57)46-18-12-26-59-36-46/h5-10,13-16,19-22,29-34,45-46,51-52,58-61H,11-12,17-18,23-28,35-36H2,1-4H3. The maximum absolute atomic E-state index is 17.1. The van der Waals surface area contributed by atoms with Crippen molar-refractivity contribution in [3.05, 3.63) is 177 Å². The Morgan fingerprint density at radius 2 is 0.969 bits per heavy atom. The molecule has 4 N–H and O–H groups in total. The number of ketones is 3. The number of piperidine rings is 2. The highest BCUT2D eigenvalue weighted by atomic mass is 16.3. The van der Waals surface area contributed by atoms with E-state index >= 15 is 14.4 Å². The van der Waals surface area contributed by atoms with Crippen molar-refractivity contribution in [3.63, 3.8) is 0 Å². The molecule has 7 nitrogen and oxygen atoms in total. The summed E-state index contributed by atoms with van der Waals surface area (Å²) >= 11 is 0. The molecule has 7 heteroatoms. The number of aliphatic hydroxyl groups is 2. The fourth-order valence-electron chi connectivity index (χ4n) is 11.3. The zero-order valence-electron chi connectivity index (χ0n) is 38.0. The van der Waals surface area contributed by atoms with E-state index in [-0.39, 0.29) is 55.2 Å². The lowest BCUT2D eigenvalue weighted by Gasteiger charge is -2.52. The molecule has 0 saturated carbocycles. The second-order valence-corrected chi connectivity index (χ2v) is 18.9. The summed E-state index contributed by atoms with van der Waals surface area (Å²) < 4.78 is 0. The van der Waals surface area contributed by atoms with Crippen LogP contribution in [0, 0.1) is 62.2 Å². The van der Waals surface area contributed by atoms with Crippen molar-refractivity contribution in [2.24, 2.45) is 34.5 Å². The predicted molar refractivity (Wildman–Crippen MR) is 257 cm³/mol. The quantitative estimate of drug-likeness (QED) is 0.0935. The number of allylic oxidation sites excluding steroid dienone is 8. The summed E-state index contributed by atoms with van der Waals surface area (Å²) in [6.45, 7) is 10.8. The van der Waals surface area contributed by atoms with Gasteiger partial charge in [0.15, 0.2) is 17.3 Å². The maximum Gasteiger partial charge on any atom is 0.193 e. The van der Waals surface area contributed by atoms with Crippen LogP contribution in [0.2, 0.25) is 0 Å². The first kappa shape index (κ1) is 45.3. The fraction of sp³-hybridized carbons (Fsp3) is 0.386. The highest BCUT2D eigenvalue weighted by molar-refractivity contribution is 6.21. The average Bonchev–Trinajstić information content (AvgIpc) is 3.33. The summed E-state index contributed by atoms with van der Waals surface area (Å²) in [5.74, 6) is -1.39. The Morgan fingerprint density at radius 1 is 0.562 bits per heavy atom. The largest absolute Gasteiger partial charge is 0.396 e. The Labute approximate surface area is 379 Å². The molecule has 2 heterocycles. The molecular formula is C57H64N2O5. The molecule has 0 spiro atoms. The van der Waals surface area contributed by atoms with Crippen LogP contribution in [-0.2, 0) is 4.79 Å². The van der Waals surface area contributed by atoms with Gasteiger partial charge in [-0.1, -0.05) is 121 Å². The Balaban J connectivity index is 1.43. The van der Waals surface area contributed by atoms with Crippen molar-refractivity contribution in [2.75, 3.05) is 39.4 Å². The summed E-state index contributed by atoms with van der Waals surface area (Å²) in [4.78, 5) is 47.5. The average molecular weight is 857 g/mol. The Kier molecular flexibility index (Phi) is 13.7. The lowest BCUT2D eigenvalue weighted by Crippen LogP contribution is -2.56. The molecule has 2 aliphatic carbocycles. The third-order valence-corrected chi connectivity index (χ3v) is 15.0. The van der Waals surface area contributed by atoms with Gasteiger partial charge >= 0.3 is 0 Å². The van der Waals surface area contributed by atoms with Gasteiger partial charge in [-0.2, -0.15) is 0 Å². The van der Waals surface area contributed by atoms with Crippen molar-refractivity contribution in [1.82, 2.24) is 10.6 Å². The number of hydrogen-bond acceptors (Lipinski definition) is 7. The fourth-order valence-corrected chi connectivity index (χ4v) is 11.3. The van der Waals surface area contributed by atoms with E-state index in [0.29, 0.717) is 35.4 Å². The Morgan fingerprint density at radius 3 is 1.31 bits per heavy atom. The van der Waals surface area contributed by atoms with Gasteiger partial charge < -0.3 is 20.8 Å². The third kappa shape index (κ3) is 8.64. The molecule has 8 rings (SSSR count). The topological polar surface area (TPSA) is 116 Å². The zero-order valence-corrected chi connectivity index (χ0v) is 38.0. The zero-order chi connectivity index (χ0) is 45.0. The van der Waals surface area contributed by atoms with Crippen LogP contribution in [0.3, 0.4) is 0 Å². The van der Waals surface area contributed by atoms with Crippen LogP contribution >= 0.6 is 0 Å². The Bertz CT molecular complexity index is 2330. The van der Waals surface area contributed by atoms with Crippen LogP contribution in [0.5, 0.6) is 0 Å². The lowest BCUT2D eigenvalue weighted by atomic mass is 9.50. The van der Waals surface area contributed by atoms with Gasteiger partial charge in [0.1, 0.15) is 0 Å². The van der Waals surface area contributed by atoms with Gasteiger partial charge in [0.25, 0.3) is 0 Å². The van der Waals surface area contributed by atoms with Crippen LogP contribution in [0.25, 0.3) is 11.1 Å². The van der Waals surface area contributed by atoms with Crippen molar-refractivity contribution >= 4 is 28.5 Å². The summed E-state index contributed by atoms with van der Waals surface area (Å²) in [7, 11) is 0. The summed E-state index contributed by atoms with van der Waals surface area (Å²) in [5, 5.41) is 30.0. The molecular weight excluding hydrogens is 793 g/mol. The third-order valence-electron chi connectivity index (χ3n) is 15.0. The van der Waals surface area contributed by atoms with E-state index in [0.717, 1.165) is 83.3 Å². The van der Waals surface area contributed by atoms with E-state index in [1.807, 2.05) is 72.8 Å². The molecule has 6 atom stereocenters. The molecule has 4 aliphatic rings. The summed E-state index contributed by atoms with van der Waals surface area (Å²) in [5.41, 5.74) is 6.98. The predicted octanol–water partition coefficient (Wildman–Crippen LogP) is 9.57. The number of rotatable bonds is 14. The van der Waals surface area contributed by atoms with Crippen LogP contribution in [0.1, 0.15) is 92.6 Å². The molecule has 4 aromatic rings. The number of aliphatic hydroxyl groups excluding tert-OH is 2. The minimum absolute atomic E-state index is 0.00368. The van der Waals surface area contributed by atoms with Gasteiger partial charge in [0.2, 0.25) is 0 Å². The first-order valence-electron chi connectivity index (χ1n) is 23.4. The normalized spacial score (nSPS) is 26.0. The molecule has 4 aromatic carbocycles. The second kappa shape index (κ2) is 19.4. The van der Waals surface area contributed by atoms with E-state index in [1.165, 1.54) is 0 Å². The highest BCUT2D eigenvalue weighted by Crippen LogP contribution is 2.58. The van der Waals surface area contributed by atoms with E-state index in [1.54, 1.807) is 0 Å². The van der Waals surface area contributed by atoms with Gasteiger partial charge in [-0.15, -0.1) is 0 Å².